The van der Waals surface area contributed by atoms with Crippen molar-refractivity contribution >= 4 is 0 Å². The molecule has 1 aromatic carbocycles. The summed E-state index contributed by atoms with van der Waals surface area (Å²) in [6.07, 6.45) is -5.39. The zero-order chi connectivity index (χ0) is 14.8. The number of benzene rings is 1. The molecule has 1 aliphatic heterocycles. The average Bonchev–Trinajstić information content (AvgIpc) is 2.48. The van der Waals surface area contributed by atoms with Gasteiger partial charge in [0, 0.05) is 0 Å². The number of hydrogen-bond acceptors (Lipinski definition) is 6. The predicted molar refractivity (Wildman–Crippen MR) is 69.7 cm³/mol. The molecule has 1 saturated heterocycles. The molecular weight excluding hydrogens is 264 g/mol. The molecule has 1 fully saturated rings. The van der Waals surface area contributed by atoms with Gasteiger partial charge in [-0.2, -0.15) is 0 Å². The maximum absolute atomic E-state index is 10.4. The molecule has 5 N–H and O–H groups in total. The second-order valence-corrected chi connectivity index (χ2v) is 5.12. The fourth-order valence-corrected chi connectivity index (χ4v) is 2.42. The van der Waals surface area contributed by atoms with Crippen LogP contribution in [0.25, 0.3) is 0 Å². The second kappa shape index (κ2) is 6.17. The van der Waals surface area contributed by atoms with Gasteiger partial charge in [0.25, 0.3) is 0 Å². The van der Waals surface area contributed by atoms with E-state index in [0.29, 0.717) is 6.42 Å². The van der Waals surface area contributed by atoms with Gasteiger partial charge in [-0.1, -0.05) is 30.3 Å². The van der Waals surface area contributed by atoms with Crippen molar-refractivity contribution in [1.82, 2.24) is 0 Å². The Labute approximate surface area is 116 Å². The Hall–Kier alpha value is -1.02. The highest BCUT2D eigenvalue weighted by atomic mass is 16.6. The van der Waals surface area contributed by atoms with E-state index in [4.69, 9.17) is 9.84 Å². The summed E-state index contributed by atoms with van der Waals surface area (Å²) in [6.45, 7) is -0.552. The van der Waals surface area contributed by atoms with Gasteiger partial charge in [0.2, 0.25) is 0 Å². The van der Waals surface area contributed by atoms with Crippen LogP contribution in [0.4, 0.5) is 0 Å². The molecule has 0 unspecified atom stereocenters. The largest absolute Gasteiger partial charge is 0.394 e. The van der Waals surface area contributed by atoms with Crippen molar-refractivity contribution in [2.24, 2.45) is 0 Å². The van der Waals surface area contributed by atoms with Gasteiger partial charge in [0.05, 0.1) is 6.61 Å². The number of ether oxygens (including phenoxy) is 1. The lowest BCUT2D eigenvalue weighted by molar-refractivity contribution is -0.330. The van der Waals surface area contributed by atoms with Crippen molar-refractivity contribution < 1.29 is 30.3 Å². The summed E-state index contributed by atoms with van der Waals surface area (Å²) in [5.74, 6) is 0. The van der Waals surface area contributed by atoms with E-state index in [1.807, 2.05) is 30.3 Å². The summed E-state index contributed by atoms with van der Waals surface area (Å²) in [4.78, 5) is 0. The summed E-state index contributed by atoms with van der Waals surface area (Å²) in [5, 5.41) is 49.0. The molecule has 6 nitrogen and oxygen atoms in total. The van der Waals surface area contributed by atoms with Gasteiger partial charge in [0.15, 0.2) is 6.29 Å². The first-order valence-electron chi connectivity index (χ1n) is 6.56. The molecule has 6 heteroatoms. The quantitative estimate of drug-likeness (QED) is 0.474. The van der Waals surface area contributed by atoms with Crippen LogP contribution in [-0.4, -0.2) is 62.3 Å². The molecule has 0 amide bonds. The highest BCUT2D eigenvalue weighted by Crippen LogP contribution is 2.32. The van der Waals surface area contributed by atoms with Crippen LogP contribution in [0.5, 0.6) is 0 Å². The molecule has 2 rings (SSSR count). The van der Waals surface area contributed by atoms with E-state index in [1.165, 1.54) is 0 Å². The number of hydrogen-bond donors (Lipinski definition) is 5. The zero-order valence-corrected chi connectivity index (χ0v) is 11.0. The third kappa shape index (κ3) is 2.85. The highest BCUT2D eigenvalue weighted by molar-refractivity contribution is 5.15. The minimum atomic E-state index is -1.97. The van der Waals surface area contributed by atoms with Crippen LogP contribution in [-0.2, 0) is 11.2 Å². The van der Waals surface area contributed by atoms with E-state index in [-0.39, 0.29) is 6.42 Å². The van der Waals surface area contributed by atoms with Gasteiger partial charge in [-0.05, 0) is 18.4 Å². The topological polar surface area (TPSA) is 110 Å². The second-order valence-electron chi connectivity index (χ2n) is 5.12. The Morgan fingerprint density at radius 2 is 1.75 bits per heavy atom. The van der Waals surface area contributed by atoms with E-state index >= 15 is 0 Å². The lowest BCUT2D eigenvalue weighted by Gasteiger charge is -2.46. The monoisotopic (exact) mass is 284 g/mol. The van der Waals surface area contributed by atoms with E-state index < -0.39 is 36.8 Å². The SMILES string of the molecule is OC[C@H]1O[C@@H](O)[C@@](O)(CCc2ccccc2)[C@@H](O)[C@@H]1O. The number of aliphatic hydroxyl groups is 5. The standard InChI is InChI=1S/C14H20O6/c15-8-10-11(16)12(17)14(19,13(18)20-10)7-6-9-4-2-1-3-5-9/h1-5,10-13,15-19H,6-8H2/t10-,11-,12+,13-,14-/m1/s1. The minimum Gasteiger partial charge on any atom is -0.394 e. The number of aliphatic hydroxyl groups excluding tert-OH is 4. The van der Waals surface area contributed by atoms with Crippen molar-refractivity contribution in [2.45, 2.75) is 43.0 Å². The lowest BCUT2D eigenvalue weighted by Crippen LogP contribution is -2.66. The Kier molecular flexibility index (Phi) is 4.74. The van der Waals surface area contributed by atoms with Gasteiger partial charge in [-0.25, -0.2) is 0 Å². The molecule has 0 bridgehead atoms. The first-order valence-corrected chi connectivity index (χ1v) is 6.56. The van der Waals surface area contributed by atoms with Crippen molar-refractivity contribution in [3.05, 3.63) is 35.9 Å². The molecular formula is C14H20O6. The first-order chi connectivity index (χ1) is 9.49. The first kappa shape index (κ1) is 15.4. The smallest absolute Gasteiger partial charge is 0.186 e. The molecule has 5 atom stereocenters. The molecule has 1 aliphatic rings. The zero-order valence-electron chi connectivity index (χ0n) is 11.0. The Bertz CT molecular complexity index is 425. The predicted octanol–water partition coefficient (Wildman–Crippen LogP) is -1.22. The third-order valence-corrected chi connectivity index (χ3v) is 3.78. The maximum atomic E-state index is 10.4. The molecule has 0 aromatic heterocycles. The minimum absolute atomic E-state index is 0.0224. The summed E-state index contributed by atoms with van der Waals surface area (Å²) in [5.41, 5.74) is -1.04. The van der Waals surface area contributed by atoms with Crippen LogP contribution in [0.2, 0.25) is 0 Å². The van der Waals surface area contributed by atoms with Crippen LogP contribution in [0.15, 0.2) is 30.3 Å². The van der Waals surface area contributed by atoms with E-state index in [2.05, 4.69) is 0 Å². The van der Waals surface area contributed by atoms with Gasteiger partial charge in [-0.15, -0.1) is 0 Å². The van der Waals surface area contributed by atoms with Crippen molar-refractivity contribution in [3.63, 3.8) is 0 Å². The van der Waals surface area contributed by atoms with Crippen molar-refractivity contribution in [2.75, 3.05) is 6.61 Å². The molecule has 0 aliphatic carbocycles. The fourth-order valence-electron chi connectivity index (χ4n) is 2.42. The number of aryl methyl sites for hydroxylation is 1. The molecule has 112 valence electrons. The Morgan fingerprint density at radius 3 is 2.35 bits per heavy atom. The molecule has 1 aromatic rings. The molecule has 20 heavy (non-hydrogen) atoms. The van der Waals surface area contributed by atoms with Crippen LogP contribution in [0.3, 0.4) is 0 Å². The lowest BCUT2D eigenvalue weighted by atomic mass is 9.82. The summed E-state index contributed by atoms with van der Waals surface area (Å²) in [6, 6.07) is 9.28. The highest BCUT2D eigenvalue weighted by Gasteiger charge is 2.53. The van der Waals surface area contributed by atoms with Crippen LogP contribution < -0.4 is 0 Å². The van der Waals surface area contributed by atoms with Gasteiger partial charge < -0.3 is 30.3 Å². The third-order valence-electron chi connectivity index (χ3n) is 3.78. The molecule has 0 saturated carbocycles. The van der Waals surface area contributed by atoms with Gasteiger partial charge in [0.1, 0.15) is 23.9 Å². The van der Waals surface area contributed by atoms with Crippen LogP contribution in [0.1, 0.15) is 12.0 Å². The number of rotatable bonds is 4. The summed E-state index contributed by atoms with van der Waals surface area (Å²) >= 11 is 0. The summed E-state index contributed by atoms with van der Waals surface area (Å²) < 4.78 is 4.97. The fraction of sp³-hybridized carbons (Fsp3) is 0.571. The van der Waals surface area contributed by atoms with Gasteiger partial charge in [-0.3, -0.25) is 0 Å². The summed E-state index contributed by atoms with van der Waals surface area (Å²) in [7, 11) is 0. The van der Waals surface area contributed by atoms with Crippen LogP contribution in [0, 0.1) is 0 Å². The van der Waals surface area contributed by atoms with Gasteiger partial charge >= 0.3 is 0 Å². The van der Waals surface area contributed by atoms with Crippen molar-refractivity contribution in [1.29, 1.82) is 0 Å². The Balaban J connectivity index is 2.08. The van der Waals surface area contributed by atoms with E-state index in [9.17, 15) is 20.4 Å². The van der Waals surface area contributed by atoms with E-state index in [1.54, 1.807) is 0 Å². The Morgan fingerprint density at radius 1 is 1.10 bits per heavy atom. The average molecular weight is 284 g/mol. The van der Waals surface area contributed by atoms with Crippen LogP contribution >= 0.6 is 0 Å². The normalized spacial score (nSPS) is 37.9. The van der Waals surface area contributed by atoms with E-state index in [0.717, 1.165) is 5.56 Å². The molecule has 1 heterocycles. The van der Waals surface area contributed by atoms with Crippen molar-refractivity contribution in [3.8, 4) is 0 Å². The molecule has 0 spiro atoms. The molecule has 0 radical (unpaired) electrons. The maximum Gasteiger partial charge on any atom is 0.186 e.